The molecule has 3 aliphatic rings. The zero-order chi connectivity index (χ0) is 26.6. The van der Waals surface area contributed by atoms with E-state index in [2.05, 4.69) is 11.7 Å². The summed E-state index contributed by atoms with van der Waals surface area (Å²) < 4.78 is 96.0. The van der Waals surface area contributed by atoms with Gasteiger partial charge < -0.3 is 14.2 Å². The molecule has 1 aliphatic heterocycles. The maximum absolute atomic E-state index is 14.4. The molecule has 1 aromatic rings. The highest BCUT2D eigenvalue weighted by Gasteiger charge is 2.37. The molecule has 208 valence electrons. The minimum atomic E-state index is -4.52. The van der Waals surface area contributed by atoms with Gasteiger partial charge in [-0.2, -0.15) is 17.6 Å². The summed E-state index contributed by atoms with van der Waals surface area (Å²) in [5.74, 6) is -1.99. The molecule has 0 aromatic heterocycles. The Balaban J connectivity index is 1.26. The molecule has 0 spiro atoms. The summed E-state index contributed by atoms with van der Waals surface area (Å²) in [4.78, 5) is 0. The molecule has 1 saturated heterocycles. The van der Waals surface area contributed by atoms with E-state index in [1.54, 1.807) is 0 Å². The van der Waals surface area contributed by atoms with Gasteiger partial charge in [-0.3, -0.25) is 0 Å². The van der Waals surface area contributed by atoms with Crippen LogP contribution >= 0.6 is 0 Å². The molecule has 0 unspecified atom stereocenters. The summed E-state index contributed by atoms with van der Waals surface area (Å²) >= 11 is 0. The van der Waals surface area contributed by atoms with Crippen molar-refractivity contribution in [1.82, 2.24) is 0 Å². The van der Waals surface area contributed by atoms with Gasteiger partial charge in [0.25, 0.3) is 6.08 Å². The van der Waals surface area contributed by atoms with Crippen LogP contribution < -0.4 is 4.74 Å². The van der Waals surface area contributed by atoms with Crippen molar-refractivity contribution in [3.8, 4) is 5.75 Å². The van der Waals surface area contributed by atoms with E-state index >= 15 is 0 Å². The lowest BCUT2D eigenvalue weighted by Crippen LogP contribution is -2.39. The maximum atomic E-state index is 14.4. The minimum Gasteiger partial charge on any atom is -0.423 e. The quantitative estimate of drug-likeness (QED) is 0.313. The monoisotopic (exact) mass is 534 g/mol. The van der Waals surface area contributed by atoms with Crippen LogP contribution in [0.4, 0.5) is 26.3 Å². The summed E-state index contributed by atoms with van der Waals surface area (Å²) in [6.45, 7) is 3.74. The lowest BCUT2D eigenvalue weighted by atomic mass is 9.68. The fourth-order valence-electron chi connectivity index (χ4n) is 6.42. The van der Waals surface area contributed by atoms with Gasteiger partial charge >= 0.3 is 6.11 Å². The van der Waals surface area contributed by atoms with E-state index in [1.807, 2.05) is 0 Å². The van der Waals surface area contributed by atoms with Crippen molar-refractivity contribution >= 4 is 0 Å². The zero-order valence-corrected chi connectivity index (χ0v) is 21.2. The average molecular weight is 535 g/mol. The van der Waals surface area contributed by atoms with E-state index in [0.717, 1.165) is 89.6 Å². The predicted molar refractivity (Wildman–Crippen MR) is 126 cm³/mol. The highest BCUT2D eigenvalue weighted by Crippen LogP contribution is 2.45. The van der Waals surface area contributed by atoms with Gasteiger partial charge in [0.05, 0.1) is 19.3 Å². The molecule has 37 heavy (non-hydrogen) atoms. The molecule has 1 aromatic carbocycles. The fourth-order valence-corrected chi connectivity index (χ4v) is 6.42. The summed E-state index contributed by atoms with van der Waals surface area (Å²) in [6, 6.07) is 1.96. The topological polar surface area (TPSA) is 27.7 Å². The van der Waals surface area contributed by atoms with Gasteiger partial charge in [0, 0.05) is 11.8 Å². The fraction of sp³-hybridized carbons (Fsp3) is 0.714. The molecular weight excluding hydrogens is 498 g/mol. The van der Waals surface area contributed by atoms with Gasteiger partial charge in [0.15, 0.2) is 23.7 Å². The molecule has 9 heteroatoms. The van der Waals surface area contributed by atoms with Gasteiger partial charge in [-0.15, -0.1) is 0 Å². The van der Waals surface area contributed by atoms with Gasteiger partial charge in [-0.05, 0) is 93.2 Å². The first-order valence-corrected chi connectivity index (χ1v) is 13.5. The summed E-state index contributed by atoms with van der Waals surface area (Å²) in [7, 11) is 0. The number of halogens is 6. The Labute approximate surface area is 214 Å². The highest BCUT2D eigenvalue weighted by molar-refractivity contribution is 5.34. The number of alkyl halides is 2. The third kappa shape index (κ3) is 7.43. The molecule has 0 radical (unpaired) electrons. The van der Waals surface area contributed by atoms with Crippen molar-refractivity contribution in [2.45, 2.75) is 89.4 Å². The summed E-state index contributed by atoms with van der Waals surface area (Å²) in [5, 5.41) is 0. The summed E-state index contributed by atoms with van der Waals surface area (Å²) in [6.07, 6.45) is 1.97. The molecule has 2 aliphatic carbocycles. The largest absolute Gasteiger partial charge is 0.425 e. The Bertz CT molecular complexity index is 887. The highest BCUT2D eigenvalue weighted by atomic mass is 19.3. The van der Waals surface area contributed by atoms with Crippen LogP contribution in [0.3, 0.4) is 0 Å². The first kappa shape index (κ1) is 28.3. The predicted octanol–water partition coefficient (Wildman–Crippen LogP) is 8.59. The van der Waals surface area contributed by atoms with Gasteiger partial charge in [0.2, 0.25) is 0 Å². The van der Waals surface area contributed by atoms with Gasteiger partial charge in [0.1, 0.15) is 0 Å². The van der Waals surface area contributed by atoms with Crippen molar-refractivity contribution in [3.63, 3.8) is 0 Å². The third-order valence-corrected chi connectivity index (χ3v) is 8.34. The van der Waals surface area contributed by atoms with E-state index in [9.17, 15) is 26.3 Å². The van der Waals surface area contributed by atoms with Crippen molar-refractivity contribution in [2.24, 2.45) is 23.7 Å². The number of hydrogen-bond acceptors (Lipinski definition) is 3. The van der Waals surface area contributed by atoms with Crippen LogP contribution in [0.25, 0.3) is 0 Å². The Kier molecular flexibility index (Phi) is 9.48. The smallest absolute Gasteiger partial charge is 0.423 e. The molecule has 0 atom stereocenters. The number of rotatable bonds is 8. The van der Waals surface area contributed by atoms with Crippen LogP contribution in [0.15, 0.2) is 24.3 Å². The first-order valence-electron chi connectivity index (χ1n) is 13.5. The molecule has 2 saturated carbocycles. The Hall–Kier alpha value is -1.74. The SMILES string of the molecule is CCCC1COC(C2CCC(C3CCC(c4cc(F)c(OC(F)(F)C=C(F)F)c(F)c4)CC3)CC2)OC1. The second-order valence-corrected chi connectivity index (χ2v) is 10.9. The second kappa shape index (κ2) is 12.4. The van der Waals surface area contributed by atoms with Crippen molar-refractivity contribution in [2.75, 3.05) is 13.2 Å². The van der Waals surface area contributed by atoms with E-state index < -0.39 is 35.6 Å². The number of ether oxygens (including phenoxy) is 3. The van der Waals surface area contributed by atoms with Gasteiger partial charge in [-0.25, -0.2) is 8.78 Å². The molecule has 3 nitrogen and oxygen atoms in total. The molecule has 0 bridgehead atoms. The number of benzene rings is 1. The molecule has 0 N–H and O–H groups in total. The Morgan fingerprint density at radius 3 is 1.92 bits per heavy atom. The second-order valence-electron chi connectivity index (χ2n) is 10.9. The van der Waals surface area contributed by atoms with Crippen LogP contribution in [0.1, 0.15) is 82.6 Å². The molecule has 3 fully saturated rings. The van der Waals surface area contributed by atoms with Crippen LogP contribution in [0.2, 0.25) is 0 Å². The van der Waals surface area contributed by atoms with Crippen LogP contribution in [0, 0.1) is 35.3 Å². The lowest BCUT2D eigenvalue weighted by molar-refractivity contribution is -0.230. The average Bonchev–Trinajstić information content (AvgIpc) is 2.86. The van der Waals surface area contributed by atoms with Crippen LogP contribution in [-0.2, 0) is 9.47 Å². The third-order valence-electron chi connectivity index (χ3n) is 8.34. The van der Waals surface area contributed by atoms with E-state index in [4.69, 9.17) is 9.47 Å². The van der Waals surface area contributed by atoms with E-state index in [-0.39, 0.29) is 12.2 Å². The van der Waals surface area contributed by atoms with Gasteiger partial charge in [-0.1, -0.05) is 13.3 Å². The summed E-state index contributed by atoms with van der Waals surface area (Å²) in [5.41, 5.74) is 0.382. The number of hydrogen-bond donors (Lipinski definition) is 0. The van der Waals surface area contributed by atoms with Crippen molar-refractivity contribution in [3.05, 3.63) is 41.5 Å². The normalized spacial score (nSPS) is 31.1. The van der Waals surface area contributed by atoms with Crippen LogP contribution in [0.5, 0.6) is 5.75 Å². The lowest BCUT2D eigenvalue weighted by Gasteiger charge is -2.41. The minimum absolute atomic E-state index is 0.0885. The van der Waals surface area contributed by atoms with Crippen LogP contribution in [-0.4, -0.2) is 25.6 Å². The Morgan fingerprint density at radius 2 is 1.41 bits per heavy atom. The van der Waals surface area contributed by atoms with E-state index in [1.165, 1.54) is 0 Å². The Morgan fingerprint density at radius 1 is 0.892 bits per heavy atom. The molecule has 1 heterocycles. The van der Waals surface area contributed by atoms with Crippen molar-refractivity contribution < 1.29 is 40.6 Å². The zero-order valence-electron chi connectivity index (χ0n) is 21.2. The maximum Gasteiger partial charge on any atom is 0.425 e. The van der Waals surface area contributed by atoms with Crippen molar-refractivity contribution in [1.29, 1.82) is 0 Å². The molecule has 0 amide bonds. The first-order chi connectivity index (χ1) is 17.6. The molecular formula is C28H36F6O3. The standard InChI is InChI=1S/C28H36F6O3/c1-2-3-17-15-35-27(36-16-17)21-10-8-19(9-11-21)18-4-6-20(7-5-18)22-12-23(29)26(24(30)13-22)37-28(33,34)14-25(31)32/h12-14,17-21,27H,2-11,15-16H2,1H3. The van der Waals surface area contributed by atoms with E-state index in [0.29, 0.717) is 29.2 Å². The molecule has 4 rings (SSSR count).